The zero-order valence-corrected chi connectivity index (χ0v) is 10.2. The Morgan fingerprint density at radius 3 is 2.53 bits per heavy atom. The van der Waals surface area contributed by atoms with Crippen LogP contribution in [-0.4, -0.2) is 25.2 Å². The van der Waals surface area contributed by atoms with E-state index in [2.05, 4.69) is 10.2 Å². The quantitative estimate of drug-likeness (QED) is 0.898. The average Bonchev–Trinajstić information content (AvgIpc) is 2.85. The van der Waals surface area contributed by atoms with Crippen molar-refractivity contribution in [1.29, 1.82) is 0 Å². The second-order valence-corrected chi connectivity index (χ2v) is 5.30. The smallest absolute Gasteiger partial charge is 0.267 e. The molecule has 0 spiro atoms. The van der Waals surface area contributed by atoms with E-state index in [4.69, 9.17) is 0 Å². The monoisotopic (exact) mass is 251 g/mol. The molecule has 1 heterocycles. The molecule has 0 saturated heterocycles. The van der Waals surface area contributed by atoms with Crippen molar-refractivity contribution in [3.8, 4) is 0 Å². The summed E-state index contributed by atoms with van der Waals surface area (Å²) in [7, 11) is -3.52. The first-order valence-electron chi connectivity index (χ1n) is 5.23. The number of benzene rings is 1. The number of nitrogens with zero attached hydrogens (tertiary/aromatic N) is 2. The lowest BCUT2D eigenvalue weighted by atomic mass is 10.3. The van der Waals surface area contributed by atoms with Gasteiger partial charge >= 0.3 is 0 Å². The highest BCUT2D eigenvalue weighted by atomic mass is 32.2. The molecule has 0 unspecified atom stereocenters. The summed E-state index contributed by atoms with van der Waals surface area (Å²) in [6, 6.07) is 9.00. The number of aromatic amines is 1. The van der Waals surface area contributed by atoms with Crippen molar-refractivity contribution in [3.63, 3.8) is 0 Å². The zero-order valence-electron chi connectivity index (χ0n) is 9.37. The predicted molar refractivity (Wildman–Crippen MR) is 65.2 cm³/mol. The maximum absolute atomic E-state index is 12.3. The van der Waals surface area contributed by atoms with E-state index in [0.29, 0.717) is 12.2 Å². The van der Waals surface area contributed by atoms with Crippen LogP contribution >= 0.6 is 0 Å². The molecule has 17 heavy (non-hydrogen) atoms. The summed E-state index contributed by atoms with van der Waals surface area (Å²) in [5.74, 6) is 0. The number of aromatic nitrogens is 2. The molecule has 2 rings (SSSR count). The molecular formula is C11H13N3O2S. The van der Waals surface area contributed by atoms with E-state index in [1.807, 2.05) is 18.2 Å². The Hall–Kier alpha value is -1.82. The molecule has 5 nitrogen and oxygen atoms in total. The Morgan fingerprint density at radius 2 is 2.00 bits per heavy atom. The van der Waals surface area contributed by atoms with Crippen molar-refractivity contribution in [2.24, 2.45) is 0 Å². The van der Waals surface area contributed by atoms with Gasteiger partial charge in [0.2, 0.25) is 0 Å². The molecular weight excluding hydrogens is 238 g/mol. The molecule has 1 aromatic carbocycles. The Labute approximate surface area is 100 Å². The predicted octanol–water partition coefficient (Wildman–Crippen LogP) is 1.62. The summed E-state index contributed by atoms with van der Waals surface area (Å²) in [4.78, 5) is 0.170. The summed E-state index contributed by atoms with van der Waals surface area (Å²) >= 11 is 0. The van der Waals surface area contributed by atoms with Crippen molar-refractivity contribution in [2.45, 2.75) is 11.8 Å². The molecule has 1 N–H and O–H groups in total. The fourth-order valence-corrected chi connectivity index (χ4v) is 2.97. The maximum atomic E-state index is 12.3. The van der Waals surface area contributed by atoms with Crippen molar-refractivity contribution in [2.75, 3.05) is 10.8 Å². The summed E-state index contributed by atoms with van der Waals surface area (Å²) < 4.78 is 25.9. The van der Waals surface area contributed by atoms with Crippen molar-refractivity contribution < 1.29 is 8.42 Å². The number of nitrogens with one attached hydrogen (secondary N) is 1. The minimum atomic E-state index is -3.52. The largest absolute Gasteiger partial charge is 0.284 e. The SMILES string of the molecule is CCN(c1ccccc1)S(=O)(=O)c1cn[nH]c1. The van der Waals surface area contributed by atoms with Gasteiger partial charge in [0.25, 0.3) is 10.0 Å². The van der Waals surface area contributed by atoms with Crippen LogP contribution in [0.2, 0.25) is 0 Å². The molecule has 0 bridgehead atoms. The normalized spacial score (nSPS) is 11.4. The third-order valence-electron chi connectivity index (χ3n) is 2.39. The highest BCUT2D eigenvalue weighted by Gasteiger charge is 2.24. The van der Waals surface area contributed by atoms with Gasteiger partial charge in [0.15, 0.2) is 0 Å². The Bertz CT molecular complexity index is 564. The van der Waals surface area contributed by atoms with E-state index in [9.17, 15) is 8.42 Å². The molecule has 6 heteroatoms. The summed E-state index contributed by atoms with van der Waals surface area (Å²) in [6.07, 6.45) is 2.68. The van der Waals surface area contributed by atoms with Crippen LogP contribution in [0.15, 0.2) is 47.6 Å². The molecule has 2 aromatic rings. The topological polar surface area (TPSA) is 66.1 Å². The lowest BCUT2D eigenvalue weighted by Gasteiger charge is -2.21. The van der Waals surface area contributed by atoms with E-state index in [0.717, 1.165) is 0 Å². The summed E-state index contributed by atoms with van der Waals surface area (Å²) in [6.45, 7) is 2.17. The Kier molecular flexibility index (Phi) is 3.14. The third kappa shape index (κ3) is 2.16. The van der Waals surface area contributed by atoms with Crippen LogP contribution in [0.3, 0.4) is 0 Å². The molecule has 1 aromatic heterocycles. The van der Waals surface area contributed by atoms with Gasteiger partial charge in [0.1, 0.15) is 4.90 Å². The summed E-state index contributed by atoms with van der Waals surface area (Å²) in [5.41, 5.74) is 0.649. The Balaban J connectivity index is 2.44. The molecule has 0 amide bonds. The van der Waals surface area contributed by atoms with Crippen LogP contribution in [0.1, 0.15) is 6.92 Å². The van der Waals surface area contributed by atoms with Gasteiger partial charge in [-0.1, -0.05) is 18.2 Å². The van der Waals surface area contributed by atoms with E-state index in [-0.39, 0.29) is 4.90 Å². The maximum Gasteiger partial charge on any atom is 0.267 e. The Morgan fingerprint density at radius 1 is 1.29 bits per heavy atom. The zero-order chi connectivity index (χ0) is 12.3. The standard InChI is InChI=1S/C11H13N3O2S/c1-2-14(10-6-4-3-5-7-10)17(15,16)11-8-12-13-9-11/h3-9H,2H2,1H3,(H,12,13). The molecule has 90 valence electrons. The van der Waals surface area contributed by atoms with Gasteiger partial charge in [-0.05, 0) is 19.1 Å². The lowest BCUT2D eigenvalue weighted by Crippen LogP contribution is -2.30. The number of sulfonamides is 1. The lowest BCUT2D eigenvalue weighted by molar-refractivity contribution is 0.592. The molecule has 0 aliphatic rings. The van der Waals surface area contributed by atoms with Gasteiger partial charge < -0.3 is 0 Å². The van der Waals surface area contributed by atoms with Crippen molar-refractivity contribution in [3.05, 3.63) is 42.7 Å². The first-order valence-corrected chi connectivity index (χ1v) is 6.67. The number of H-pyrrole nitrogens is 1. The fourth-order valence-electron chi connectivity index (χ4n) is 1.59. The second-order valence-electron chi connectivity index (χ2n) is 3.44. The molecule has 0 atom stereocenters. The van der Waals surface area contributed by atoms with Gasteiger partial charge in [-0.15, -0.1) is 0 Å². The molecule has 0 radical (unpaired) electrons. The van der Waals surface area contributed by atoms with Crippen LogP contribution in [0.25, 0.3) is 0 Å². The van der Waals surface area contributed by atoms with Crippen LogP contribution in [0, 0.1) is 0 Å². The van der Waals surface area contributed by atoms with Crippen molar-refractivity contribution >= 4 is 15.7 Å². The number of hydrogen-bond acceptors (Lipinski definition) is 3. The van der Waals surface area contributed by atoms with Crippen molar-refractivity contribution in [1.82, 2.24) is 10.2 Å². The van der Waals surface area contributed by atoms with Gasteiger partial charge in [0, 0.05) is 12.7 Å². The van der Waals surface area contributed by atoms with Crippen LogP contribution < -0.4 is 4.31 Å². The van der Waals surface area contributed by atoms with Gasteiger partial charge in [-0.3, -0.25) is 9.40 Å². The summed E-state index contributed by atoms with van der Waals surface area (Å²) in [5, 5.41) is 6.18. The minimum Gasteiger partial charge on any atom is -0.284 e. The molecule has 0 aliphatic carbocycles. The van der Waals surface area contributed by atoms with E-state index in [1.165, 1.54) is 16.7 Å². The highest BCUT2D eigenvalue weighted by molar-refractivity contribution is 7.92. The van der Waals surface area contributed by atoms with Gasteiger partial charge in [0.05, 0.1) is 11.9 Å². The fraction of sp³-hybridized carbons (Fsp3) is 0.182. The van der Waals surface area contributed by atoms with Crippen LogP contribution in [0.5, 0.6) is 0 Å². The average molecular weight is 251 g/mol. The minimum absolute atomic E-state index is 0.170. The van der Waals surface area contributed by atoms with E-state index >= 15 is 0 Å². The number of rotatable bonds is 4. The van der Waals surface area contributed by atoms with Gasteiger partial charge in [-0.25, -0.2) is 8.42 Å². The van der Waals surface area contributed by atoms with Gasteiger partial charge in [-0.2, -0.15) is 5.10 Å². The van der Waals surface area contributed by atoms with Crippen LogP contribution in [-0.2, 0) is 10.0 Å². The molecule has 0 fully saturated rings. The first-order chi connectivity index (χ1) is 8.16. The number of para-hydroxylation sites is 1. The van der Waals surface area contributed by atoms with E-state index in [1.54, 1.807) is 19.1 Å². The first kappa shape index (κ1) is 11.7. The molecule has 0 saturated carbocycles. The highest BCUT2D eigenvalue weighted by Crippen LogP contribution is 2.21. The molecule has 0 aliphatic heterocycles. The number of hydrogen-bond donors (Lipinski definition) is 1. The second kappa shape index (κ2) is 4.58. The third-order valence-corrected chi connectivity index (χ3v) is 4.26. The number of anilines is 1. The van der Waals surface area contributed by atoms with E-state index < -0.39 is 10.0 Å². The van der Waals surface area contributed by atoms with Crippen LogP contribution in [0.4, 0.5) is 5.69 Å².